The second-order valence-corrected chi connectivity index (χ2v) is 4.03. The zero-order valence-electron chi connectivity index (χ0n) is 10.6. The minimum absolute atomic E-state index is 0.110. The van der Waals surface area contributed by atoms with Gasteiger partial charge in [-0.05, 0) is 24.6 Å². The van der Waals surface area contributed by atoms with Crippen LogP contribution in [0, 0.1) is 0 Å². The lowest BCUT2D eigenvalue weighted by molar-refractivity contribution is -0.137. The van der Waals surface area contributed by atoms with Gasteiger partial charge in [-0.15, -0.1) is 0 Å². The average Bonchev–Trinajstić information content (AvgIpc) is 2.34. The molecule has 0 atom stereocenters. The predicted molar refractivity (Wildman–Crippen MR) is 65.8 cm³/mol. The fourth-order valence-electron chi connectivity index (χ4n) is 1.38. The molecule has 1 amide bonds. The summed E-state index contributed by atoms with van der Waals surface area (Å²) in [5.74, 6) is -0.463. The molecule has 0 aliphatic rings. The van der Waals surface area contributed by atoms with E-state index in [-0.39, 0.29) is 12.3 Å². The van der Waals surface area contributed by atoms with E-state index in [0.29, 0.717) is 6.61 Å². The van der Waals surface area contributed by atoms with Crippen LogP contribution in [0.1, 0.15) is 25.3 Å². The number of hydrogen-bond acceptors (Lipinski definition) is 2. The highest BCUT2D eigenvalue weighted by atomic mass is 19.4. The molecule has 6 heteroatoms. The summed E-state index contributed by atoms with van der Waals surface area (Å²) in [6.07, 6.45) is -2.62. The highest BCUT2D eigenvalue weighted by Gasteiger charge is 2.30. The Balaban J connectivity index is 2.50. The van der Waals surface area contributed by atoms with Crippen LogP contribution in [0.2, 0.25) is 0 Å². The van der Waals surface area contributed by atoms with Crippen molar-refractivity contribution in [3.8, 4) is 0 Å². The molecular formula is C13H16F3NO2. The second kappa shape index (κ2) is 7.13. The van der Waals surface area contributed by atoms with Gasteiger partial charge in [0.05, 0.1) is 5.56 Å². The van der Waals surface area contributed by atoms with Crippen LogP contribution in [0.3, 0.4) is 0 Å². The number of carbonyl (C=O) groups is 1. The summed E-state index contributed by atoms with van der Waals surface area (Å²) in [5, 5.41) is 2.37. The molecule has 0 radical (unpaired) electrons. The lowest BCUT2D eigenvalue weighted by Gasteiger charge is -2.10. The first-order valence-electron chi connectivity index (χ1n) is 5.98. The van der Waals surface area contributed by atoms with E-state index in [1.54, 1.807) is 0 Å². The third-order valence-corrected chi connectivity index (χ3v) is 2.35. The van der Waals surface area contributed by atoms with Gasteiger partial charge in [0.1, 0.15) is 6.61 Å². The molecule has 0 saturated carbocycles. The zero-order chi connectivity index (χ0) is 14.3. The first-order chi connectivity index (χ1) is 8.93. The van der Waals surface area contributed by atoms with Gasteiger partial charge < -0.3 is 10.1 Å². The number of anilines is 1. The van der Waals surface area contributed by atoms with E-state index in [2.05, 4.69) is 5.32 Å². The monoisotopic (exact) mass is 275 g/mol. The molecule has 0 spiro atoms. The van der Waals surface area contributed by atoms with E-state index >= 15 is 0 Å². The van der Waals surface area contributed by atoms with Crippen molar-refractivity contribution in [1.82, 2.24) is 0 Å². The molecule has 0 fully saturated rings. The fraction of sp³-hybridized carbons (Fsp3) is 0.462. The van der Waals surface area contributed by atoms with E-state index in [1.165, 1.54) is 12.1 Å². The Morgan fingerprint density at radius 3 is 2.74 bits per heavy atom. The number of benzene rings is 1. The van der Waals surface area contributed by atoms with Gasteiger partial charge in [0.25, 0.3) is 0 Å². The SMILES string of the molecule is CCCCOCC(=O)Nc1cccc(C(F)(F)F)c1. The van der Waals surface area contributed by atoms with Gasteiger partial charge in [0.2, 0.25) is 5.91 Å². The largest absolute Gasteiger partial charge is 0.416 e. The number of ether oxygens (including phenoxy) is 1. The average molecular weight is 275 g/mol. The normalized spacial score (nSPS) is 11.4. The first-order valence-corrected chi connectivity index (χ1v) is 5.98. The minimum Gasteiger partial charge on any atom is -0.372 e. The van der Waals surface area contributed by atoms with Crippen LogP contribution in [0.5, 0.6) is 0 Å². The lowest BCUT2D eigenvalue weighted by atomic mass is 10.2. The molecule has 0 saturated heterocycles. The van der Waals surface area contributed by atoms with Crippen LogP contribution in [-0.4, -0.2) is 19.1 Å². The topological polar surface area (TPSA) is 38.3 Å². The number of hydrogen-bond donors (Lipinski definition) is 1. The van der Waals surface area contributed by atoms with E-state index < -0.39 is 17.6 Å². The van der Waals surface area contributed by atoms with Crippen LogP contribution in [0.4, 0.5) is 18.9 Å². The minimum atomic E-state index is -4.42. The molecule has 0 unspecified atom stereocenters. The predicted octanol–water partition coefficient (Wildman–Crippen LogP) is 3.46. The van der Waals surface area contributed by atoms with Gasteiger partial charge in [-0.1, -0.05) is 19.4 Å². The van der Waals surface area contributed by atoms with Crippen LogP contribution < -0.4 is 5.32 Å². The van der Waals surface area contributed by atoms with Gasteiger partial charge in [-0.3, -0.25) is 4.79 Å². The molecule has 0 bridgehead atoms. The molecule has 0 aliphatic carbocycles. The van der Waals surface area contributed by atoms with Crippen molar-refractivity contribution in [1.29, 1.82) is 0 Å². The molecule has 1 aromatic rings. The Bertz CT molecular complexity index is 419. The Labute approximate surface area is 109 Å². The molecule has 1 N–H and O–H groups in total. The van der Waals surface area contributed by atoms with Crippen LogP contribution in [0.25, 0.3) is 0 Å². The molecule has 0 aliphatic heterocycles. The Kier molecular flexibility index (Phi) is 5.82. The van der Waals surface area contributed by atoms with Gasteiger partial charge in [0.15, 0.2) is 0 Å². The Hall–Kier alpha value is -1.56. The molecule has 0 aromatic heterocycles. The lowest BCUT2D eigenvalue weighted by Crippen LogP contribution is -2.19. The van der Waals surface area contributed by atoms with Gasteiger partial charge in [0, 0.05) is 12.3 Å². The first kappa shape index (κ1) is 15.5. The number of alkyl halides is 3. The highest BCUT2D eigenvalue weighted by molar-refractivity contribution is 5.91. The van der Waals surface area contributed by atoms with Gasteiger partial charge in [-0.25, -0.2) is 0 Å². The highest BCUT2D eigenvalue weighted by Crippen LogP contribution is 2.30. The summed E-state index contributed by atoms with van der Waals surface area (Å²) in [6, 6.07) is 4.49. The van der Waals surface area contributed by atoms with E-state index in [1.807, 2.05) is 6.92 Å². The van der Waals surface area contributed by atoms with Crippen LogP contribution in [0.15, 0.2) is 24.3 Å². The number of nitrogens with one attached hydrogen (secondary N) is 1. The smallest absolute Gasteiger partial charge is 0.372 e. The number of rotatable bonds is 6. The maximum atomic E-state index is 12.5. The summed E-state index contributed by atoms with van der Waals surface area (Å²) in [5.41, 5.74) is -0.684. The fourth-order valence-corrected chi connectivity index (χ4v) is 1.38. The molecule has 1 aromatic carbocycles. The molecular weight excluding hydrogens is 259 g/mol. The van der Waals surface area contributed by atoms with Crippen molar-refractivity contribution in [2.75, 3.05) is 18.5 Å². The number of carbonyl (C=O) groups excluding carboxylic acids is 1. The number of amides is 1. The quantitative estimate of drug-likeness (QED) is 0.807. The third kappa shape index (κ3) is 5.74. The van der Waals surface area contributed by atoms with Crippen molar-refractivity contribution in [2.45, 2.75) is 25.9 Å². The third-order valence-electron chi connectivity index (χ3n) is 2.35. The summed E-state index contributed by atoms with van der Waals surface area (Å²) in [7, 11) is 0. The molecule has 0 heterocycles. The summed E-state index contributed by atoms with van der Waals surface area (Å²) in [4.78, 5) is 11.4. The molecule has 1 rings (SSSR count). The standard InChI is InChI=1S/C13H16F3NO2/c1-2-3-7-19-9-12(18)17-11-6-4-5-10(8-11)13(14,15)16/h4-6,8H,2-3,7,9H2,1H3,(H,17,18). The summed E-state index contributed by atoms with van der Waals surface area (Å²) < 4.78 is 42.4. The van der Waals surface area contributed by atoms with Gasteiger partial charge in [-0.2, -0.15) is 13.2 Å². The number of unbranched alkanes of at least 4 members (excludes halogenated alkanes) is 1. The van der Waals surface area contributed by atoms with Crippen molar-refractivity contribution in [2.24, 2.45) is 0 Å². The Morgan fingerprint density at radius 2 is 2.11 bits per heavy atom. The van der Waals surface area contributed by atoms with Gasteiger partial charge >= 0.3 is 6.18 Å². The molecule has 3 nitrogen and oxygen atoms in total. The van der Waals surface area contributed by atoms with Crippen molar-refractivity contribution >= 4 is 11.6 Å². The van der Waals surface area contributed by atoms with E-state index in [9.17, 15) is 18.0 Å². The summed E-state index contributed by atoms with van der Waals surface area (Å²) in [6.45, 7) is 2.30. The van der Waals surface area contributed by atoms with E-state index in [0.717, 1.165) is 25.0 Å². The van der Waals surface area contributed by atoms with Crippen LogP contribution in [-0.2, 0) is 15.7 Å². The van der Waals surface area contributed by atoms with E-state index in [4.69, 9.17) is 4.74 Å². The maximum absolute atomic E-state index is 12.5. The number of halogens is 3. The maximum Gasteiger partial charge on any atom is 0.416 e. The summed E-state index contributed by atoms with van der Waals surface area (Å²) >= 11 is 0. The van der Waals surface area contributed by atoms with Crippen molar-refractivity contribution in [3.63, 3.8) is 0 Å². The van der Waals surface area contributed by atoms with Crippen molar-refractivity contribution < 1.29 is 22.7 Å². The molecule has 106 valence electrons. The Morgan fingerprint density at radius 1 is 1.37 bits per heavy atom. The zero-order valence-corrected chi connectivity index (χ0v) is 10.6. The second-order valence-electron chi connectivity index (χ2n) is 4.03. The van der Waals surface area contributed by atoms with Crippen molar-refractivity contribution in [3.05, 3.63) is 29.8 Å². The van der Waals surface area contributed by atoms with Crippen LogP contribution >= 0.6 is 0 Å². The molecule has 19 heavy (non-hydrogen) atoms.